The van der Waals surface area contributed by atoms with Crippen molar-refractivity contribution in [3.63, 3.8) is 0 Å². The Morgan fingerprint density at radius 2 is 2.07 bits per heavy atom. The SMILES string of the molecule is CCC1CN(c2c(F)c(N)c3c(=O)c(C(=O)O)cn(C4CC4)c3c2OC)CCC1O. The zero-order valence-corrected chi connectivity index (χ0v) is 17.0. The first-order valence-corrected chi connectivity index (χ1v) is 10.2. The van der Waals surface area contributed by atoms with E-state index in [1.165, 1.54) is 13.3 Å². The lowest BCUT2D eigenvalue weighted by molar-refractivity contribution is 0.0694. The van der Waals surface area contributed by atoms with E-state index in [2.05, 4.69) is 0 Å². The Labute approximate surface area is 172 Å². The number of pyridine rings is 1. The van der Waals surface area contributed by atoms with Crippen LogP contribution >= 0.6 is 0 Å². The monoisotopic (exact) mass is 419 g/mol. The molecule has 1 aliphatic heterocycles. The molecule has 1 saturated carbocycles. The van der Waals surface area contributed by atoms with Gasteiger partial charge in [0.2, 0.25) is 5.43 Å². The van der Waals surface area contributed by atoms with Gasteiger partial charge in [-0.2, -0.15) is 0 Å². The van der Waals surface area contributed by atoms with Crippen molar-refractivity contribution in [2.24, 2.45) is 5.92 Å². The molecule has 1 aromatic carbocycles. The fraction of sp³-hybridized carbons (Fsp3) is 0.524. The molecule has 162 valence electrons. The highest BCUT2D eigenvalue weighted by atomic mass is 19.1. The van der Waals surface area contributed by atoms with Crippen molar-refractivity contribution in [3.05, 3.63) is 27.8 Å². The number of aromatic nitrogens is 1. The van der Waals surface area contributed by atoms with E-state index in [9.17, 15) is 19.8 Å². The van der Waals surface area contributed by atoms with E-state index >= 15 is 4.39 Å². The predicted octanol–water partition coefficient (Wildman–Crippen LogP) is 2.36. The lowest BCUT2D eigenvalue weighted by Crippen LogP contribution is -2.43. The molecule has 9 heteroatoms. The number of carbonyl (C=O) groups is 1. The summed E-state index contributed by atoms with van der Waals surface area (Å²) in [5, 5.41) is 19.5. The fourth-order valence-electron chi connectivity index (χ4n) is 4.46. The third-order valence-electron chi connectivity index (χ3n) is 6.29. The number of anilines is 2. The fourth-order valence-corrected chi connectivity index (χ4v) is 4.46. The summed E-state index contributed by atoms with van der Waals surface area (Å²) in [5.74, 6) is -2.04. The zero-order chi connectivity index (χ0) is 21.7. The van der Waals surface area contributed by atoms with Gasteiger partial charge in [-0.3, -0.25) is 4.79 Å². The summed E-state index contributed by atoms with van der Waals surface area (Å²) in [7, 11) is 1.40. The number of rotatable bonds is 5. The van der Waals surface area contributed by atoms with Gasteiger partial charge in [0.15, 0.2) is 11.6 Å². The number of aromatic carboxylic acids is 1. The molecule has 2 aromatic rings. The van der Waals surface area contributed by atoms with Gasteiger partial charge in [-0.25, -0.2) is 9.18 Å². The van der Waals surface area contributed by atoms with E-state index in [-0.39, 0.29) is 34.5 Å². The number of carboxylic acids is 1. The van der Waals surface area contributed by atoms with Crippen LogP contribution < -0.4 is 20.8 Å². The molecule has 2 fully saturated rings. The van der Waals surface area contributed by atoms with Crippen LogP contribution in [-0.4, -0.2) is 47.1 Å². The van der Waals surface area contributed by atoms with Gasteiger partial charge in [0.05, 0.1) is 29.8 Å². The number of fused-ring (bicyclic) bond motifs is 1. The number of nitrogens with zero attached hydrogens (tertiary/aromatic N) is 2. The van der Waals surface area contributed by atoms with Crippen molar-refractivity contribution < 1.29 is 24.1 Å². The lowest BCUT2D eigenvalue weighted by atomic mass is 9.91. The smallest absolute Gasteiger partial charge is 0.341 e. The molecule has 0 spiro atoms. The first-order valence-electron chi connectivity index (χ1n) is 10.2. The second-order valence-electron chi connectivity index (χ2n) is 8.12. The normalized spacial score (nSPS) is 21.8. The number of benzene rings is 1. The molecule has 8 nitrogen and oxygen atoms in total. The van der Waals surface area contributed by atoms with Gasteiger partial charge in [0.25, 0.3) is 0 Å². The summed E-state index contributed by atoms with van der Waals surface area (Å²) in [6.07, 6.45) is 3.71. The lowest BCUT2D eigenvalue weighted by Gasteiger charge is -2.38. The molecule has 2 unspecified atom stereocenters. The third kappa shape index (κ3) is 3.08. The minimum Gasteiger partial charge on any atom is -0.492 e. The van der Waals surface area contributed by atoms with Crippen molar-refractivity contribution in [2.75, 3.05) is 30.8 Å². The molecule has 0 bridgehead atoms. The molecule has 1 saturated heterocycles. The Kier molecular flexibility index (Phi) is 5.09. The van der Waals surface area contributed by atoms with E-state index in [4.69, 9.17) is 10.5 Å². The van der Waals surface area contributed by atoms with Crippen LogP contribution in [0.25, 0.3) is 10.9 Å². The molecule has 2 heterocycles. The topological polar surface area (TPSA) is 118 Å². The number of nitrogen functional groups attached to an aromatic ring is 1. The van der Waals surface area contributed by atoms with E-state index in [1.807, 2.05) is 6.92 Å². The Morgan fingerprint density at radius 3 is 2.63 bits per heavy atom. The first kappa shape index (κ1) is 20.5. The number of methoxy groups -OCH3 is 1. The Hall–Kier alpha value is -2.81. The predicted molar refractivity (Wildman–Crippen MR) is 111 cm³/mol. The standard InChI is InChI=1S/C21H26FN3O5/c1-3-10-8-24(7-6-13(10)26)18-15(22)16(23)14-17(20(18)30-2)25(11-4-5-11)9-12(19(14)27)21(28)29/h9-11,13,26H,3-8,23H2,1-2H3,(H,28,29). The summed E-state index contributed by atoms with van der Waals surface area (Å²) < 4.78 is 22.8. The van der Waals surface area contributed by atoms with Gasteiger partial charge < -0.3 is 30.2 Å². The molecule has 0 radical (unpaired) electrons. The van der Waals surface area contributed by atoms with Crippen LogP contribution in [0.15, 0.2) is 11.0 Å². The van der Waals surface area contributed by atoms with Crippen molar-refractivity contribution in [1.29, 1.82) is 0 Å². The van der Waals surface area contributed by atoms with Crippen LogP contribution in [-0.2, 0) is 0 Å². The maximum absolute atomic E-state index is 15.5. The highest BCUT2D eigenvalue weighted by Gasteiger charge is 2.35. The molecule has 0 amide bonds. The van der Waals surface area contributed by atoms with E-state index in [0.717, 1.165) is 19.3 Å². The van der Waals surface area contributed by atoms with Gasteiger partial charge in [-0.05, 0) is 25.7 Å². The molecular weight excluding hydrogens is 393 g/mol. The van der Waals surface area contributed by atoms with Crippen LogP contribution in [0.1, 0.15) is 49.0 Å². The number of ether oxygens (including phenoxy) is 1. The second-order valence-corrected chi connectivity index (χ2v) is 8.12. The maximum Gasteiger partial charge on any atom is 0.341 e. The Bertz CT molecular complexity index is 1080. The summed E-state index contributed by atoms with van der Waals surface area (Å²) in [6.45, 7) is 2.81. The largest absolute Gasteiger partial charge is 0.492 e. The molecular formula is C21H26FN3O5. The van der Waals surface area contributed by atoms with Crippen molar-refractivity contribution in [1.82, 2.24) is 4.57 Å². The van der Waals surface area contributed by atoms with E-state index in [0.29, 0.717) is 25.0 Å². The average Bonchev–Trinajstić information content (AvgIpc) is 3.56. The summed E-state index contributed by atoms with van der Waals surface area (Å²) in [4.78, 5) is 26.3. The quantitative estimate of drug-likeness (QED) is 0.637. The summed E-state index contributed by atoms with van der Waals surface area (Å²) >= 11 is 0. The van der Waals surface area contributed by atoms with Crippen LogP contribution in [0.2, 0.25) is 0 Å². The minimum atomic E-state index is -1.38. The maximum atomic E-state index is 15.5. The van der Waals surface area contributed by atoms with Crippen molar-refractivity contribution in [2.45, 2.75) is 44.8 Å². The van der Waals surface area contributed by atoms with Gasteiger partial charge in [0.1, 0.15) is 11.3 Å². The van der Waals surface area contributed by atoms with E-state index < -0.39 is 28.9 Å². The summed E-state index contributed by atoms with van der Waals surface area (Å²) in [6, 6.07) is 0.00406. The number of aliphatic hydroxyl groups excluding tert-OH is 1. The summed E-state index contributed by atoms with van der Waals surface area (Å²) in [5.41, 5.74) is 4.93. The number of piperidine rings is 1. The average molecular weight is 419 g/mol. The van der Waals surface area contributed by atoms with Crippen LogP contribution in [0, 0.1) is 11.7 Å². The number of aliphatic hydroxyl groups is 1. The van der Waals surface area contributed by atoms with Crippen LogP contribution in [0.5, 0.6) is 5.75 Å². The zero-order valence-electron chi connectivity index (χ0n) is 17.0. The Balaban J connectivity index is 2.03. The molecule has 30 heavy (non-hydrogen) atoms. The molecule has 4 rings (SSSR count). The molecule has 1 aromatic heterocycles. The molecule has 1 aliphatic carbocycles. The van der Waals surface area contributed by atoms with Crippen LogP contribution in [0.4, 0.5) is 15.8 Å². The van der Waals surface area contributed by atoms with E-state index in [1.54, 1.807) is 9.47 Å². The van der Waals surface area contributed by atoms with Gasteiger partial charge in [-0.1, -0.05) is 6.92 Å². The highest BCUT2D eigenvalue weighted by molar-refractivity contribution is 6.03. The number of nitrogens with two attached hydrogens (primary N) is 1. The van der Waals surface area contributed by atoms with Crippen molar-refractivity contribution in [3.8, 4) is 5.75 Å². The first-order chi connectivity index (χ1) is 14.3. The molecule has 2 aliphatic rings. The third-order valence-corrected chi connectivity index (χ3v) is 6.29. The molecule has 2 atom stereocenters. The van der Waals surface area contributed by atoms with Gasteiger partial charge >= 0.3 is 5.97 Å². The van der Waals surface area contributed by atoms with Crippen molar-refractivity contribution >= 4 is 28.2 Å². The highest BCUT2D eigenvalue weighted by Crippen LogP contribution is 2.46. The van der Waals surface area contributed by atoms with Gasteiger partial charge in [-0.15, -0.1) is 0 Å². The number of halogens is 1. The van der Waals surface area contributed by atoms with Crippen LogP contribution in [0.3, 0.4) is 0 Å². The number of hydrogen-bond acceptors (Lipinski definition) is 6. The molecule has 4 N–H and O–H groups in total. The number of carboxylic acid groups (broad SMARTS) is 1. The number of hydrogen-bond donors (Lipinski definition) is 3. The Morgan fingerprint density at radius 1 is 1.37 bits per heavy atom. The second kappa shape index (κ2) is 7.46. The minimum absolute atomic E-state index is 0.00406. The van der Waals surface area contributed by atoms with Gasteiger partial charge in [0, 0.05) is 31.2 Å².